The third kappa shape index (κ3) is 20.3. The molecule has 2 saturated heterocycles. The fraction of sp³-hybridized carbons (Fsp3) is 0.562. The lowest BCUT2D eigenvalue weighted by Gasteiger charge is -2.46. The Labute approximate surface area is 514 Å². The summed E-state index contributed by atoms with van der Waals surface area (Å²) in [7, 11) is 0. The van der Waals surface area contributed by atoms with E-state index in [1.807, 2.05) is 29.2 Å². The van der Waals surface area contributed by atoms with Crippen LogP contribution < -0.4 is 20.7 Å². The average molecular weight is 1230 g/mol. The van der Waals surface area contributed by atoms with Crippen molar-refractivity contribution in [3.8, 4) is 11.5 Å². The van der Waals surface area contributed by atoms with Crippen LogP contribution in [0.4, 0.5) is 22.7 Å². The van der Waals surface area contributed by atoms with Crippen LogP contribution >= 0.6 is 0 Å². The molecule has 3 atom stereocenters. The lowest BCUT2D eigenvalue weighted by molar-refractivity contribution is -0.393. The van der Waals surface area contributed by atoms with E-state index >= 15 is 0 Å². The number of carbonyl (C=O) groups is 2. The summed E-state index contributed by atoms with van der Waals surface area (Å²) in [5.41, 5.74) is 5.47. The molecule has 2 fully saturated rings. The Hall–Kier alpha value is -6.84. The molecule has 5 N–H and O–H groups in total. The molecule has 1 aromatic heterocycles. The number of nitrogens with one attached hydrogen (secondary N) is 4. The molecule has 2 amide bonds. The number of nitrogens with zero attached hydrogens (tertiary/aromatic N) is 4. The van der Waals surface area contributed by atoms with Gasteiger partial charge in [-0.3, -0.25) is 29.8 Å². The number of rotatable bonds is 40. The van der Waals surface area contributed by atoms with Gasteiger partial charge in [-0.25, -0.2) is 0 Å². The van der Waals surface area contributed by atoms with E-state index < -0.39 is 16.0 Å². The van der Waals surface area contributed by atoms with Gasteiger partial charge in [-0.05, 0) is 136 Å². The van der Waals surface area contributed by atoms with E-state index in [0.717, 1.165) is 75.1 Å². The highest BCUT2D eigenvalue weighted by atomic mass is 16.6. The molecule has 0 bridgehead atoms. The van der Waals surface area contributed by atoms with Gasteiger partial charge in [0.1, 0.15) is 22.9 Å². The third-order valence-corrected chi connectivity index (χ3v) is 16.4. The second-order valence-electron chi connectivity index (χ2n) is 22.6. The molecule has 88 heavy (non-hydrogen) atoms. The molecule has 3 aliphatic rings. The highest BCUT2D eigenvalue weighted by Crippen LogP contribution is 2.47. The van der Waals surface area contributed by atoms with Crippen LogP contribution in [0.3, 0.4) is 0 Å². The fourth-order valence-corrected chi connectivity index (χ4v) is 11.5. The summed E-state index contributed by atoms with van der Waals surface area (Å²) < 4.78 is 50.6. The number of aryl methyl sites for hydroxylation is 1. The maximum atomic E-state index is 13.7. The Morgan fingerprint density at radius 3 is 1.90 bits per heavy atom. The van der Waals surface area contributed by atoms with Gasteiger partial charge >= 0.3 is 0 Å². The van der Waals surface area contributed by atoms with Crippen LogP contribution in [0.5, 0.6) is 11.5 Å². The predicted octanol–water partition coefficient (Wildman–Crippen LogP) is 8.15. The summed E-state index contributed by atoms with van der Waals surface area (Å²) in [5.74, 6) is 1.56. The number of amides is 2. The van der Waals surface area contributed by atoms with Gasteiger partial charge in [-0.2, -0.15) is 0 Å². The number of nitro groups is 2. The van der Waals surface area contributed by atoms with Gasteiger partial charge in [0.15, 0.2) is 0 Å². The average Bonchev–Trinajstić information content (AvgIpc) is 2.39. The number of ether oxygens (including phenoxy) is 9. The smallest absolute Gasteiger partial charge is 0.299 e. The zero-order valence-electron chi connectivity index (χ0n) is 50.9. The van der Waals surface area contributed by atoms with E-state index in [9.17, 15) is 34.9 Å². The van der Waals surface area contributed by atoms with Crippen molar-refractivity contribution in [2.75, 3.05) is 169 Å². The van der Waals surface area contributed by atoms with Crippen LogP contribution in [0.1, 0.15) is 77.4 Å². The van der Waals surface area contributed by atoms with Gasteiger partial charge in [-0.15, -0.1) is 0 Å². The van der Waals surface area contributed by atoms with Gasteiger partial charge < -0.3 is 78.5 Å². The maximum Gasteiger partial charge on any atom is 0.299 e. The Balaban J connectivity index is 0.560. The van der Waals surface area contributed by atoms with Crippen molar-refractivity contribution < 1.29 is 67.2 Å². The summed E-state index contributed by atoms with van der Waals surface area (Å²) in [6.45, 7) is 17.0. The number of fused-ring (bicyclic) bond motifs is 3. The molecular weight excluding hydrogens is 1140 g/mol. The van der Waals surface area contributed by atoms with Gasteiger partial charge in [0.2, 0.25) is 0 Å². The number of nitro benzene ring substituents is 2. The first-order valence-electron chi connectivity index (χ1n) is 30.9. The molecule has 0 aliphatic carbocycles. The number of anilines is 2. The van der Waals surface area contributed by atoms with Crippen molar-refractivity contribution >= 4 is 45.5 Å². The number of β-amino-alcohol motifs (C(OH)–C–C–N with tert-alkyl or cyclic N) is 1. The topological polar surface area (TPSA) is 282 Å². The largest absolute Gasteiger partial charge is 0.457 e. The van der Waals surface area contributed by atoms with Gasteiger partial charge in [-0.1, -0.05) is 19.1 Å². The molecule has 480 valence electrons. The van der Waals surface area contributed by atoms with Crippen molar-refractivity contribution in [2.45, 2.75) is 63.9 Å². The molecule has 4 aromatic carbocycles. The van der Waals surface area contributed by atoms with Crippen molar-refractivity contribution in [1.82, 2.24) is 20.1 Å². The molecule has 0 saturated carbocycles. The Morgan fingerprint density at radius 1 is 0.682 bits per heavy atom. The van der Waals surface area contributed by atoms with Crippen LogP contribution in [0.25, 0.3) is 10.9 Å². The number of aromatic nitrogens is 1. The summed E-state index contributed by atoms with van der Waals surface area (Å²) >= 11 is 0. The number of likely N-dealkylation sites (tertiary alicyclic amines) is 2. The summed E-state index contributed by atoms with van der Waals surface area (Å²) in [5, 5.41) is 43.8. The number of non-ortho nitro benzene ring substituents is 1. The Kier molecular flexibility index (Phi) is 27.0. The number of H-pyrrole nitrogens is 1. The molecule has 0 unspecified atom stereocenters. The quantitative estimate of drug-likeness (QED) is 0.0140. The normalized spacial score (nSPS) is 17.3. The van der Waals surface area contributed by atoms with E-state index in [1.54, 1.807) is 24.3 Å². The number of aliphatic hydroxyl groups is 1. The number of hydrogen-bond donors (Lipinski definition) is 5. The number of carbonyl (C=O) groups excluding carboxylic acids is 2. The molecule has 3 aliphatic heterocycles. The van der Waals surface area contributed by atoms with E-state index in [0.29, 0.717) is 154 Å². The first-order valence-corrected chi connectivity index (χ1v) is 30.9. The number of hydrogen-bond acceptors (Lipinski definition) is 19. The lowest BCUT2D eigenvalue weighted by Crippen LogP contribution is -2.52. The third-order valence-electron chi connectivity index (χ3n) is 16.4. The molecular formula is C64H88N8O16. The van der Waals surface area contributed by atoms with Gasteiger partial charge in [0.05, 0.1) is 115 Å². The van der Waals surface area contributed by atoms with Crippen molar-refractivity contribution in [3.63, 3.8) is 0 Å². The molecule has 0 radical (unpaired) electrons. The number of aromatic amines is 1. The lowest BCUT2D eigenvalue weighted by atomic mass is 9.67. The number of piperidine rings is 2. The van der Waals surface area contributed by atoms with E-state index in [4.69, 9.17) is 42.6 Å². The minimum atomic E-state index is -0.681. The van der Waals surface area contributed by atoms with Crippen LogP contribution in [0, 0.1) is 39.0 Å². The minimum absolute atomic E-state index is 0.0434. The van der Waals surface area contributed by atoms with Crippen molar-refractivity contribution in [1.29, 1.82) is 0 Å². The Morgan fingerprint density at radius 2 is 1.28 bits per heavy atom. The molecule has 5 aromatic rings. The first kappa shape index (κ1) is 67.1. The standard InChI is InChI=1S/C64H88N8O16/c1-47-6-13-55-58(40-47)67-46-64(55)18-23-69(44-48(64)2)45-61(73)49-16-21-70(22-17-49)63(75)59-42-51-41-54(12-15-56(51)68-59)88-53-10-7-50(8-11-53)62(74)66-20-27-83-31-35-84-32-28-80-24-4-3-5-25-81-29-33-85-36-38-87-39-37-86-34-30-82-26-19-65-57-14-9-52(71(76)77)43-60(57)72(78)79/h6-15,40-43,48-49,61,65,67-68,73H,3-5,16-39,44-46H2,1-2H3,(H,66,74)/t48-,61-,64+/m1/s1. The summed E-state index contributed by atoms with van der Waals surface area (Å²) in [4.78, 5) is 54.9. The van der Waals surface area contributed by atoms with Gasteiger partial charge in [0, 0.05) is 92.7 Å². The number of benzene rings is 4. The van der Waals surface area contributed by atoms with Crippen molar-refractivity contribution in [3.05, 3.63) is 128 Å². The Bertz CT molecular complexity index is 2980. The number of unbranched alkanes of at least 4 members (excludes halogenated alkanes) is 2. The zero-order valence-corrected chi connectivity index (χ0v) is 50.9. The maximum absolute atomic E-state index is 13.7. The first-order chi connectivity index (χ1) is 42.9. The molecule has 1 spiro atoms. The fourth-order valence-electron chi connectivity index (χ4n) is 11.5. The highest BCUT2D eigenvalue weighted by molar-refractivity contribution is 5.98. The van der Waals surface area contributed by atoms with Gasteiger partial charge in [0.25, 0.3) is 23.2 Å². The van der Waals surface area contributed by atoms with Crippen LogP contribution in [-0.4, -0.2) is 206 Å². The number of aliphatic hydroxyl groups excluding tert-OH is 1. The van der Waals surface area contributed by atoms with E-state index in [-0.39, 0.29) is 53.4 Å². The molecule has 24 heteroatoms. The monoisotopic (exact) mass is 1220 g/mol. The summed E-state index contributed by atoms with van der Waals surface area (Å²) in [6, 6.07) is 24.7. The van der Waals surface area contributed by atoms with Crippen LogP contribution in [0.15, 0.2) is 84.9 Å². The second kappa shape index (κ2) is 35.4. The van der Waals surface area contributed by atoms with Crippen LogP contribution in [0.2, 0.25) is 0 Å². The summed E-state index contributed by atoms with van der Waals surface area (Å²) in [6.07, 6.45) is 5.05. The van der Waals surface area contributed by atoms with E-state index in [1.165, 1.54) is 28.9 Å². The zero-order chi connectivity index (χ0) is 61.9. The van der Waals surface area contributed by atoms with Crippen LogP contribution in [-0.2, 0) is 43.3 Å². The second-order valence-corrected chi connectivity index (χ2v) is 22.6. The minimum Gasteiger partial charge on any atom is -0.457 e. The predicted molar refractivity (Wildman–Crippen MR) is 332 cm³/mol. The molecule has 4 heterocycles. The van der Waals surface area contributed by atoms with Crippen molar-refractivity contribution in [2.24, 2.45) is 11.8 Å². The SMILES string of the molecule is Cc1ccc2c(c1)NC[C@]21CCN(C[C@@H](O)C2CCN(C(=O)c3cc4cc(Oc5ccc(C(=O)NCCOCCOCCOCCCCCOCCOCCOCCOCCOCCNc6ccc([N+](=O)[O-])cc6[N+](=O)[O-])cc5)ccc4[nH]3)CC2)C[C@H]1C. The highest BCUT2D eigenvalue weighted by Gasteiger charge is 2.46. The molecule has 8 rings (SSSR count). The molecule has 24 nitrogen and oxygen atoms in total. The van der Waals surface area contributed by atoms with E-state index in [2.05, 4.69) is 57.9 Å².